The molecule has 13 rings (SSSR count). The van der Waals surface area contributed by atoms with Crippen molar-refractivity contribution < 1.29 is 0 Å². The van der Waals surface area contributed by atoms with Crippen molar-refractivity contribution in [2.75, 3.05) is 4.90 Å². The van der Waals surface area contributed by atoms with Gasteiger partial charge in [-0.05, 0) is 125 Å². The second-order valence-electron chi connectivity index (χ2n) is 17.2. The van der Waals surface area contributed by atoms with Gasteiger partial charge in [0.25, 0.3) is 0 Å². The third-order valence-corrected chi connectivity index (χ3v) is 13.7. The van der Waals surface area contributed by atoms with Crippen molar-refractivity contribution in [3.8, 4) is 44.5 Å². The van der Waals surface area contributed by atoms with Gasteiger partial charge in [-0.15, -0.1) is 0 Å². The first-order valence-electron chi connectivity index (χ1n) is 21.2. The van der Waals surface area contributed by atoms with Gasteiger partial charge in [-0.3, -0.25) is 0 Å². The van der Waals surface area contributed by atoms with Crippen LogP contribution >= 0.6 is 0 Å². The lowest BCUT2D eigenvalue weighted by Gasteiger charge is -2.44. The molecule has 284 valence electrons. The van der Waals surface area contributed by atoms with Gasteiger partial charge in [0.1, 0.15) is 0 Å². The van der Waals surface area contributed by atoms with E-state index in [0.29, 0.717) is 0 Å². The summed E-state index contributed by atoms with van der Waals surface area (Å²) in [6.07, 6.45) is 0. The molecule has 0 heterocycles. The SMILES string of the molecule is CC1(C)c2ccccc2-c2ccc(N(c3ccc(-c4ccccc4)cc3)c3ccc(-c4ccc(-c5ccccc5)c5c4C4c6ccccc6C5c5ccccc54)cc3)cc21. The van der Waals surface area contributed by atoms with Gasteiger partial charge in [-0.1, -0.05) is 190 Å². The van der Waals surface area contributed by atoms with Crippen molar-refractivity contribution in [3.05, 3.63) is 257 Å². The van der Waals surface area contributed by atoms with Crippen molar-refractivity contribution in [2.45, 2.75) is 31.1 Å². The Morgan fingerprint density at radius 1 is 0.317 bits per heavy atom. The van der Waals surface area contributed by atoms with E-state index >= 15 is 0 Å². The van der Waals surface area contributed by atoms with E-state index in [-0.39, 0.29) is 17.3 Å². The van der Waals surface area contributed by atoms with Gasteiger partial charge in [0.05, 0.1) is 0 Å². The highest BCUT2D eigenvalue weighted by atomic mass is 15.1. The number of benzene rings is 9. The number of hydrogen-bond acceptors (Lipinski definition) is 1. The molecule has 1 nitrogen and oxygen atoms in total. The third kappa shape index (κ3) is 5.19. The van der Waals surface area contributed by atoms with Crippen LogP contribution < -0.4 is 4.90 Å². The molecule has 0 saturated carbocycles. The van der Waals surface area contributed by atoms with Gasteiger partial charge in [-0.2, -0.15) is 0 Å². The van der Waals surface area contributed by atoms with E-state index in [1.165, 1.54) is 89.0 Å². The van der Waals surface area contributed by atoms with Crippen molar-refractivity contribution >= 4 is 17.1 Å². The fourth-order valence-electron chi connectivity index (χ4n) is 10.9. The quantitative estimate of drug-likeness (QED) is 0.163. The highest BCUT2D eigenvalue weighted by Gasteiger charge is 2.44. The maximum absolute atomic E-state index is 2.43. The summed E-state index contributed by atoms with van der Waals surface area (Å²) in [7, 11) is 0. The minimum atomic E-state index is -0.101. The Hall–Kier alpha value is -7.22. The standard InChI is InChI=1S/C59H43N/c1-59(2)53-24-14-13-19-47(53)48-34-33-44(37-54(48)59)60(42-29-25-39(26-30-42)38-15-5-3-6-16-38)43-31-27-41(28-32-43)46-36-35-45(40-17-7-4-8-18-40)57-55-49-20-9-11-22-51(49)56(58(46)57)52-23-12-10-21-50(52)55/h3-37,55-56H,1-2H3. The summed E-state index contributed by atoms with van der Waals surface area (Å²) in [5, 5.41) is 0. The summed E-state index contributed by atoms with van der Waals surface area (Å²) in [4.78, 5) is 2.43. The average molecular weight is 766 g/mol. The van der Waals surface area contributed by atoms with Crippen LogP contribution in [-0.4, -0.2) is 0 Å². The molecular formula is C59H43N. The third-order valence-electron chi connectivity index (χ3n) is 13.7. The molecule has 0 spiro atoms. The lowest BCUT2D eigenvalue weighted by Crippen LogP contribution is -2.28. The molecule has 4 aliphatic rings. The molecule has 4 aliphatic carbocycles. The Balaban J connectivity index is 1.01. The summed E-state index contributed by atoms with van der Waals surface area (Å²) in [5.74, 6) is 0.339. The Bertz CT molecular complexity index is 3050. The van der Waals surface area contributed by atoms with E-state index in [1.54, 1.807) is 0 Å². The number of nitrogens with zero attached hydrogens (tertiary/aromatic N) is 1. The molecule has 0 N–H and O–H groups in total. The fraction of sp³-hybridized carbons (Fsp3) is 0.0847. The highest BCUT2D eigenvalue weighted by Crippen LogP contribution is 2.60. The van der Waals surface area contributed by atoms with Crippen LogP contribution in [-0.2, 0) is 5.41 Å². The van der Waals surface area contributed by atoms with E-state index in [4.69, 9.17) is 0 Å². The van der Waals surface area contributed by atoms with Crippen LogP contribution in [0.5, 0.6) is 0 Å². The summed E-state index contributed by atoms with van der Waals surface area (Å²) in [5.41, 5.74) is 25.0. The zero-order valence-electron chi connectivity index (χ0n) is 33.8. The van der Waals surface area contributed by atoms with Gasteiger partial charge < -0.3 is 4.90 Å². The predicted octanol–water partition coefficient (Wildman–Crippen LogP) is 15.5. The minimum Gasteiger partial charge on any atom is -0.310 e. The van der Waals surface area contributed by atoms with Crippen molar-refractivity contribution in [2.24, 2.45) is 0 Å². The molecule has 0 aliphatic heterocycles. The smallest absolute Gasteiger partial charge is 0.0465 e. The Labute approximate surface area is 352 Å². The number of fused-ring (bicyclic) bond motifs is 3. The molecule has 9 aromatic rings. The molecule has 0 radical (unpaired) electrons. The predicted molar refractivity (Wildman–Crippen MR) is 250 cm³/mol. The van der Waals surface area contributed by atoms with Crippen molar-refractivity contribution in [1.29, 1.82) is 0 Å². The van der Waals surface area contributed by atoms with Crippen LogP contribution in [0.25, 0.3) is 44.5 Å². The van der Waals surface area contributed by atoms with Crippen LogP contribution in [0.1, 0.15) is 70.2 Å². The molecule has 0 fully saturated rings. The Morgan fingerprint density at radius 3 is 1.25 bits per heavy atom. The van der Waals surface area contributed by atoms with Crippen LogP contribution in [0.15, 0.2) is 212 Å². The first kappa shape index (κ1) is 34.8. The Kier molecular flexibility index (Phi) is 7.78. The van der Waals surface area contributed by atoms with Crippen LogP contribution in [0.3, 0.4) is 0 Å². The summed E-state index contributed by atoms with van der Waals surface area (Å²) in [6.45, 7) is 4.73. The normalized spacial score (nSPS) is 16.0. The largest absolute Gasteiger partial charge is 0.310 e. The second kappa shape index (κ2) is 13.4. The van der Waals surface area contributed by atoms with Crippen molar-refractivity contribution in [1.82, 2.24) is 0 Å². The minimum absolute atomic E-state index is 0.101. The molecule has 2 bridgehead atoms. The lowest BCUT2D eigenvalue weighted by molar-refractivity contribution is 0.660. The van der Waals surface area contributed by atoms with E-state index in [1.807, 2.05) is 0 Å². The highest BCUT2D eigenvalue weighted by molar-refractivity contribution is 5.89. The molecule has 0 aromatic heterocycles. The van der Waals surface area contributed by atoms with Gasteiger partial charge in [0, 0.05) is 34.3 Å². The summed E-state index contributed by atoms with van der Waals surface area (Å²) >= 11 is 0. The number of hydrogen-bond donors (Lipinski definition) is 0. The molecule has 9 aromatic carbocycles. The molecule has 1 heteroatoms. The first-order chi connectivity index (χ1) is 29.5. The summed E-state index contributed by atoms with van der Waals surface area (Å²) in [6, 6.07) is 79.1. The van der Waals surface area contributed by atoms with Crippen LogP contribution in [0, 0.1) is 0 Å². The van der Waals surface area contributed by atoms with Crippen LogP contribution in [0.4, 0.5) is 17.1 Å². The lowest BCUT2D eigenvalue weighted by atomic mass is 9.58. The van der Waals surface area contributed by atoms with Gasteiger partial charge >= 0.3 is 0 Å². The zero-order valence-corrected chi connectivity index (χ0v) is 33.8. The monoisotopic (exact) mass is 765 g/mol. The summed E-state index contributed by atoms with van der Waals surface area (Å²) < 4.78 is 0. The Morgan fingerprint density at radius 2 is 0.700 bits per heavy atom. The maximum Gasteiger partial charge on any atom is 0.0465 e. The van der Waals surface area contributed by atoms with Gasteiger partial charge in [-0.25, -0.2) is 0 Å². The second-order valence-corrected chi connectivity index (χ2v) is 17.2. The van der Waals surface area contributed by atoms with E-state index < -0.39 is 0 Å². The zero-order chi connectivity index (χ0) is 40.0. The van der Waals surface area contributed by atoms with E-state index in [0.717, 1.165) is 17.1 Å². The molecule has 0 amide bonds. The maximum atomic E-state index is 2.43. The van der Waals surface area contributed by atoms with Gasteiger partial charge in [0.15, 0.2) is 0 Å². The molecule has 60 heavy (non-hydrogen) atoms. The number of anilines is 3. The van der Waals surface area contributed by atoms with Crippen molar-refractivity contribution in [3.63, 3.8) is 0 Å². The molecule has 0 unspecified atom stereocenters. The average Bonchev–Trinajstić information content (AvgIpc) is 3.54. The fourth-order valence-corrected chi connectivity index (χ4v) is 10.9. The molecule has 0 atom stereocenters. The number of rotatable bonds is 6. The topological polar surface area (TPSA) is 3.24 Å². The van der Waals surface area contributed by atoms with E-state index in [2.05, 4.69) is 231 Å². The first-order valence-corrected chi connectivity index (χ1v) is 21.2. The molecular weight excluding hydrogens is 723 g/mol. The van der Waals surface area contributed by atoms with Gasteiger partial charge in [0.2, 0.25) is 0 Å². The van der Waals surface area contributed by atoms with Crippen LogP contribution in [0.2, 0.25) is 0 Å². The van der Waals surface area contributed by atoms with E-state index in [9.17, 15) is 0 Å². The molecule has 0 saturated heterocycles.